The van der Waals surface area contributed by atoms with E-state index in [2.05, 4.69) is 0 Å². The van der Waals surface area contributed by atoms with E-state index >= 15 is 0 Å². The molecule has 0 bridgehead atoms. The van der Waals surface area contributed by atoms with Crippen molar-refractivity contribution in [3.05, 3.63) is 47.3 Å². The Bertz CT molecular complexity index is 713. The maximum absolute atomic E-state index is 12.9. The molecule has 0 atom stereocenters. The molecule has 0 saturated heterocycles. The number of benzene rings is 1. The molecule has 158 valence electrons. The summed E-state index contributed by atoms with van der Waals surface area (Å²) in [5.74, 6) is 1.83. The van der Waals surface area contributed by atoms with Crippen LogP contribution in [0, 0.1) is 29.1 Å². The van der Waals surface area contributed by atoms with E-state index in [1.807, 2.05) is 0 Å². The van der Waals surface area contributed by atoms with E-state index in [0.717, 1.165) is 49.5 Å². The Morgan fingerprint density at radius 3 is 2.00 bits per heavy atom. The fraction of sp³-hybridized carbons (Fsp3) is 0.625. The summed E-state index contributed by atoms with van der Waals surface area (Å²) in [4.78, 5) is 0. The van der Waals surface area contributed by atoms with Crippen molar-refractivity contribution in [1.82, 2.24) is 0 Å². The molecule has 0 N–H and O–H groups in total. The van der Waals surface area contributed by atoms with E-state index in [4.69, 9.17) is 5.26 Å². The standard InChI is InChI=1S/C24H29F4N/c25-23(16-29)3-1-2-17-4-6-18(7-5-17)19-8-10-20(11-9-19)21-12-14-22(15-13-21)24(26,27)28/h3,12-15,17-20H,1-2,4-11H2/t17-,18-,19-,20-. The highest BCUT2D eigenvalue weighted by atomic mass is 19.4. The largest absolute Gasteiger partial charge is 0.416 e. The van der Waals surface area contributed by atoms with Crippen LogP contribution in [0.4, 0.5) is 17.6 Å². The minimum Gasteiger partial charge on any atom is -0.195 e. The zero-order chi connectivity index (χ0) is 20.9. The predicted molar refractivity (Wildman–Crippen MR) is 106 cm³/mol. The van der Waals surface area contributed by atoms with E-state index < -0.39 is 17.6 Å². The van der Waals surface area contributed by atoms with E-state index in [-0.39, 0.29) is 0 Å². The van der Waals surface area contributed by atoms with Gasteiger partial charge in [-0.3, -0.25) is 0 Å². The van der Waals surface area contributed by atoms with Gasteiger partial charge in [-0.05, 0) is 98.8 Å². The lowest BCUT2D eigenvalue weighted by molar-refractivity contribution is -0.137. The molecule has 2 aliphatic rings. The Hall–Kier alpha value is -1.83. The number of halogens is 4. The maximum atomic E-state index is 12.9. The number of rotatable bonds is 5. The lowest BCUT2D eigenvalue weighted by Gasteiger charge is -2.38. The summed E-state index contributed by atoms with van der Waals surface area (Å²) in [6.07, 6.45) is 8.02. The van der Waals surface area contributed by atoms with Crippen LogP contribution in [0.2, 0.25) is 0 Å². The van der Waals surface area contributed by atoms with Gasteiger partial charge in [-0.1, -0.05) is 25.0 Å². The zero-order valence-electron chi connectivity index (χ0n) is 16.7. The van der Waals surface area contributed by atoms with Crippen molar-refractivity contribution in [2.45, 2.75) is 76.3 Å². The van der Waals surface area contributed by atoms with Crippen molar-refractivity contribution >= 4 is 0 Å². The normalized spacial score (nSPS) is 28.7. The van der Waals surface area contributed by atoms with Crippen molar-refractivity contribution in [1.29, 1.82) is 5.26 Å². The van der Waals surface area contributed by atoms with Gasteiger partial charge >= 0.3 is 6.18 Å². The summed E-state index contributed by atoms with van der Waals surface area (Å²) in [7, 11) is 0. The molecule has 2 aliphatic carbocycles. The van der Waals surface area contributed by atoms with E-state index in [0.29, 0.717) is 18.3 Å². The second kappa shape index (κ2) is 9.78. The molecule has 2 fully saturated rings. The van der Waals surface area contributed by atoms with Gasteiger partial charge in [0.1, 0.15) is 6.07 Å². The average Bonchev–Trinajstić information content (AvgIpc) is 2.74. The van der Waals surface area contributed by atoms with Gasteiger partial charge in [0.2, 0.25) is 0 Å². The zero-order valence-corrected chi connectivity index (χ0v) is 16.7. The fourth-order valence-corrected chi connectivity index (χ4v) is 5.31. The summed E-state index contributed by atoms with van der Waals surface area (Å²) in [5.41, 5.74) is 0.468. The van der Waals surface area contributed by atoms with Gasteiger partial charge in [-0.2, -0.15) is 22.8 Å². The molecule has 0 amide bonds. The van der Waals surface area contributed by atoms with Gasteiger partial charge in [0.15, 0.2) is 5.83 Å². The van der Waals surface area contributed by atoms with Crippen LogP contribution in [0.25, 0.3) is 0 Å². The van der Waals surface area contributed by atoms with Gasteiger partial charge in [-0.15, -0.1) is 0 Å². The van der Waals surface area contributed by atoms with Crippen LogP contribution in [0.15, 0.2) is 36.2 Å². The molecule has 0 unspecified atom stereocenters. The monoisotopic (exact) mass is 407 g/mol. The summed E-state index contributed by atoms with van der Waals surface area (Å²) in [5, 5.41) is 8.45. The molecule has 5 heteroatoms. The number of alkyl halides is 3. The highest BCUT2D eigenvalue weighted by molar-refractivity contribution is 5.27. The third-order valence-corrected chi connectivity index (χ3v) is 7.04. The number of nitriles is 1. The minimum absolute atomic E-state index is 0.381. The third-order valence-electron chi connectivity index (χ3n) is 7.04. The lowest BCUT2D eigenvalue weighted by atomic mass is 9.68. The summed E-state index contributed by atoms with van der Waals surface area (Å²) in [6, 6.07) is 7.25. The second-order valence-corrected chi connectivity index (χ2v) is 8.75. The van der Waals surface area contributed by atoms with Crippen LogP contribution in [0.1, 0.15) is 81.3 Å². The second-order valence-electron chi connectivity index (χ2n) is 8.75. The summed E-state index contributed by atoms with van der Waals surface area (Å²) in [6.45, 7) is 0. The Kier molecular flexibility index (Phi) is 7.38. The molecule has 3 rings (SSSR count). The van der Waals surface area contributed by atoms with Crippen molar-refractivity contribution < 1.29 is 17.6 Å². The molecule has 1 aromatic carbocycles. The molecule has 0 spiro atoms. The molecular formula is C24H29F4N. The highest BCUT2D eigenvalue weighted by Gasteiger charge is 2.32. The van der Waals surface area contributed by atoms with Crippen molar-refractivity contribution in [3.63, 3.8) is 0 Å². The minimum atomic E-state index is -4.27. The fourth-order valence-electron chi connectivity index (χ4n) is 5.31. The van der Waals surface area contributed by atoms with Crippen molar-refractivity contribution in [2.24, 2.45) is 17.8 Å². The van der Waals surface area contributed by atoms with Crippen LogP contribution in [0.5, 0.6) is 0 Å². The highest BCUT2D eigenvalue weighted by Crippen LogP contribution is 2.44. The van der Waals surface area contributed by atoms with Crippen molar-refractivity contribution in [2.75, 3.05) is 0 Å². The Morgan fingerprint density at radius 2 is 1.48 bits per heavy atom. The quantitative estimate of drug-likeness (QED) is 0.359. The topological polar surface area (TPSA) is 23.8 Å². The Balaban J connectivity index is 1.42. The third kappa shape index (κ3) is 6.07. The smallest absolute Gasteiger partial charge is 0.195 e. The average molecular weight is 407 g/mol. The van der Waals surface area contributed by atoms with Crippen LogP contribution in [0.3, 0.4) is 0 Å². The van der Waals surface area contributed by atoms with E-state index in [1.54, 1.807) is 12.1 Å². The van der Waals surface area contributed by atoms with Gasteiger partial charge < -0.3 is 0 Å². The molecule has 2 saturated carbocycles. The predicted octanol–water partition coefficient (Wildman–Crippen LogP) is 7.94. The SMILES string of the molecule is N#CC(F)=CCC[C@H]1CC[C@H]([C@H]2CC[C@H](c3ccc(C(F)(F)F)cc3)CC2)CC1. The first-order valence-corrected chi connectivity index (χ1v) is 10.8. The molecule has 1 nitrogen and oxygen atoms in total. The number of hydrogen-bond donors (Lipinski definition) is 0. The first kappa shape index (κ1) is 21.9. The molecule has 0 radical (unpaired) electrons. The number of nitrogens with zero attached hydrogens (tertiary/aromatic N) is 1. The first-order valence-electron chi connectivity index (χ1n) is 10.8. The lowest BCUT2D eigenvalue weighted by Crippen LogP contribution is -2.25. The molecular weight excluding hydrogens is 378 g/mol. The van der Waals surface area contributed by atoms with Gasteiger partial charge in [0.05, 0.1) is 5.56 Å². The van der Waals surface area contributed by atoms with Gasteiger partial charge in [-0.25, -0.2) is 0 Å². The molecule has 0 aromatic heterocycles. The Morgan fingerprint density at radius 1 is 0.931 bits per heavy atom. The summed E-state index contributed by atoms with van der Waals surface area (Å²) >= 11 is 0. The van der Waals surface area contributed by atoms with Gasteiger partial charge in [0, 0.05) is 0 Å². The van der Waals surface area contributed by atoms with Gasteiger partial charge in [0.25, 0.3) is 0 Å². The Labute approximate surface area is 170 Å². The molecule has 0 heterocycles. The molecule has 0 aliphatic heterocycles. The molecule has 1 aromatic rings. The van der Waals surface area contributed by atoms with E-state index in [1.165, 1.54) is 50.0 Å². The maximum Gasteiger partial charge on any atom is 0.416 e. The summed E-state index contributed by atoms with van der Waals surface area (Å²) < 4.78 is 51.1. The van der Waals surface area contributed by atoms with Crippen LogP contribution < -0.4 is 0 Å². The number of hydrogen-bond acceptors (Lipinski definition) is 1. The van der Waals surface area contributed by atoms with Crippen LogP contribution in [-0.4, -0.2) is 0 Å². The van der Waals surface area contributed by atoms with Crippen LogP contribution in [-0.2, 0) is 6.18 Å². The van der Waals surface area contributed by atoms with E-state index in [9.17, 15) is 17.6 Å². The first-order chi connectivity index (χ1) is 13.9. The van der Waals surface area contributed by atoms with Crippen molar-refractivity contribution in [3.8, 4) is 6.07 Å². The van der Waals surface area contributed by atoms with Crippen LogP contribution >= 0.6 is 0 Å². The molecule has 29 heavy (non-hydrogen) atoms. The number of allylic oxidation sites excluding steroid dienone is 2.